The molecule has 0 atom stereocenters. The van der Waals surface area contributed by atoms with Gasteiger partial charge in [0.15, 0.2) is 0 Å². The first-order chi connectivity index (χ1) is 13.6. The molecule has 0 spiro atoms. The third-order valence-corrected chi connectivity index (χ3v) is 4.82. The number of rotatable bonds is 5. The molecule has 2 aromatic carbocycles. The van der Waals surface area contributed by atoms with Crippen molar-refractivity contribution >= 4 is 17.6 Å². The second-order valence-corrected chi connectivity index (χ2v) is 6.59. The average molecular weight is 383 g/mol. The van der Waals surface area contributed by atoms with Gasteiger partial charge in [0, 0.05) is 24.7 Å². The van der Waals surface area contributed by atoms with E-state index in [-0.39, 0.29) is 18.0 Å². The number of nitrogens with zero attached hydrogens (tertiary/aromatic N) is 1. The van der Waals surface area contributed by atoms with Crippen LogP contribution in [0.1, 0.15) is 23.2 Å². The van der Waals surface area contributed by atoms with E-state index in [2.05, 4.69) is 10.6 Å². The van der Waals surface area contributed by atoms with Gasteiger partial charge in [-0.3, -0.25) is 4.79 Å². The largest absolute Gasteiger partial charge is 0.497 e. The zero-order chi connectivity index (χ0) is 19.9. The van der Waals surface area contributed by atoms with Crippen molar-refractivity contribution < 1.29 is 19.1 Å². The molecular weight excluding hydrogens is 358 g/mol. The summed E-state index contributed by atoms with van der Waals surface area (Å²) in [7, 11) is 3.16. The van der Waals surface area contributed by atoms with E-state index in [0.29, 0.717) is 48.7 Å². The Kier molecular flexibility index (Phi) is 6.37. The second kappa shape index (κ2) is 9.12. The first kappa shape index (κ1) is 19.5. The maximum Gasteiger partial charge on any atom is 0.321 e. The molecule has 2 aromatic rings. The fourth-order valence-electron chi connectivity index (χ4n) is 3.18. The van der Waals surface area contributed by atoms with Crippen LogP contribution in [0.5, 0.6) is 11.5 Å². The Bertz CT molecular complexity index is 815. The Labute approximate surface area is 164 Å². The number of carbonyl (C=O) groups is 2. The highest BCUT2D eigenvalue weighted by Gasteiger charge is 2.24. The molecule has 0 unspecified atom stereocenters. The van der Waals surface area contributed by atoms with Crippen LogP contribution in [0.15, 0.2) is 48.5 Å². The number of hydrogen-bond acceptors (Lipinski definition) is 4. The molecule has 0 aromatic heterocycles. The number of nitrogens with one attached hydrogen (secondary N) is 2. The van der Waals surface area contributed by atoms with Gasteiger partial charge in [-0.05, 0) is 49.2 Å². The minimum absolute atomic E-state index is 0.0462. The van der Waals surface area contributed by atoms with Crippen LogP contribution in [-0.4, -0.2) is 50.2 Å². The predicted molar refractivity (Wildman–Crippen MR) is 107 cm³/mol. The van der Waals surface area contributed by atoms with Crippen molar-refractivity contribution in [2.75, 3.05) is 32.6 Å². The van der Waals surface area contributed by atoms with Gasteiger partial charge in [0.1, 0.15) is 11.5 Å². The van der Waals surface area contributed by atoms with Crippen LogP contribution < -0.4 is 20.1 Å². The SMILES string of the molecule is COc1ccc(C(=O)NC2CCN(C(=O)Nc3ccccc3OC)CC2)cc1. The van der Waals surface area contributed by atoms with Crippen molar-refractivity contribution in [3.8, 4) is 11.5 Å². The predicted octanol–water partition coefficient (Wildman–Crippen LogP) is 3.13. The van der Waals surface area contributed by atoms with Crippen molar-refractivity contribution in [3.63, 3.8) is 0 Å². The molecule has 3 amide bonds. The highest BCUT2D eigenvalue weighted by molar-refractivity contribution is 5.94. The molecule has 3 rings (SSSR count). The highest BCUT2D eigenvalue weighted by atomic mass is 16.5. The molecule has 28 heavy (non-hydrogen) atoms. The first-order valence-electron chi connectivity index (χ1n) is 9.24. The zero-order valence-electron chi connectivity index (χ0n) is 16.1. The minimum atomic E-state index is -0.163. The minimum Gasteiger partial charge on any atom is -0.497 e. The normalized spacial score (nSPS) is 14.3. The topological polar surface area (TPSA) is 79.9 Å². The first-order valence-corrected chi connectivity index (χ1v) is 9.24. The van der Waals surface area contributed by atoms with Gasteiger partial charge in [0.05, 0.1) is 19.9 Å². The van der Waals surface area contributed by atoms with Crippen LogP contribution in [0, 0.1) is 0 Å². The number of anilines is 1. The van der Waals surface area contributed by atoms with Crippen LogP contribution in [0.4, 0.5) is 10.5 Å². The third-order valence-electron chi connectivity index (χ3n) is 4.82. The Morgan fingerprint density at radius 2 is 1.64 bits per heavy atom. The monoisotopic (exact) mass is 383 g/mol. The summed E-state index contributed by atoms with van der Waals surface area (Å²) in [6, 6.07) is 14.2. The fraction of sp³-hybridized carbons (Fsp3) is 0.333. The van der Waals surface area contributed by atoms with Gasteiger partial charge in [0.2, 0.25) is 0 Å². The lowest BCUT2D eigenvalue weighted by atomic mass is 10.0. The van der Waals surface area contributed by atoms with Gasteiger partial charge < -0.3 is 25.0 Å². The van der Waals surface area contributed by atoms with Crippen molar-refractivity contribution in [3.05, 3.63) is 54.1 Å². The Balaban J connectivity index is 1.49. The number of piperidine rings is 1. The summed E-state index contributed by atoms with van der Waals surface area (Å²) < 4.78 is 10.4. The van der Waals surface area contributed by atoms with Gasteiger partial charge in [-0.25, -0.2) is 4.79 Å². The summed E-state index contributed by atoms with van der Waals surface area (Å²) in [4.78, 5) is 26.6. The summed E-state index contributed by atoms with van der Waals surface area (Å²) >= 11 is 0. The lowest BCUT2D eigenvalue weighted by Crippen LogP contribution is -2.47. The molecule has 1 fully saturated rings. The quantitative estimate of drug-likeness (QED) is 0.831. The van der Waals surface area contributed by atoms with Crippen LogP contribution in [0.3, 0.4) is 0 Å². The van der Waals surface area contributed by atoms with Crippen LogP contribution >= 0.6 is 0 Å². The molecule has 1 saturated heterocycles. The zero-order valence-corrected chi connectivity index (χ0v) is 16.1. The molecule has 0 aliphatic carbocycles. The number of amides is 3. The molecule has 2 N–H and O–H groups in total. The van der Waals surface area contributed by atoms with Crippen LogP contribution in [0.25, 0.3) is 0 Å². The Hall–Kier alpha value is -3.22. The van der Waals surface area contributed by atoms with Gasteiger partial charge in [0.25, 0.3) is 5.91 Å². The van der Waals surface area contributed by atoms with E-state index < -0.39 is 0 Å². The van der Waals surface area contributed by atoms with E-state index in [1.54, 1.807) is 55.5 Å². The standard InChI is InChI=1S/C21H25N3O4/c1-27-17-9-7-15(8-10-17)20(25)22-16-11-13-24(14-12-16)21(26)23-18-5-3-4-6-19(18)28-2/h3-10,16H,11-14H2,1-2H3,(H,22,25)(H,23,26). The maximum absolute atomic E-state index is 12.5. The number of ether oxygens (including phenoxy) is 2. The molecular formula is C21H25N3O4. The molecule has 0 radical (unpaired) electrons. The van der Waals surface area contributed by atoms with Gasteiger partial charge in [-0.2, -0.15) is 0 Å². The van der Waals surface area contributed by atoms with Gasteiger partial charge in [-0.15, -0.1) is 0 Å². The molecule has 1 aliphatic heterocycles. The van der Waals surface area contributed by atoms with Crippen LogP contribution in [-0.2, 0) is 0 Å². The summed E-state index contributed by atoms with van der Waals surface area (Å²) in [5.74, 6) is 1.22. The lowest BCUT2D eigenvalue weighted by molar-refractivity contribution is 0.0919. The summed E-state index contributed by atoms with van der Waals surface area (Å²) in [5, 5.41) is 5.93. The van der Waals surface area contributed by atoms with E-state index >= 15 is 0 Å². The number of para-hydroxylation sites is 2. The number of hydrogen-bond donors (Lipinski definition) is 2. The molecule has 1 heterocycles. The van der Waals surface area contributed by atoms with Crippen molar-refractivity contribution in [2.24, 2.45) is 0 Å². The lowest BCUT2D eigenvalue weighted by Gasteiger charge is -2.32. The highest BCUT2D eigenvalue weighted by Crippen LogP contribution is 2.24. The Morgan fingerprint density at radius 3 is 2.29 bits per heavy atom. The average Bonchev–Trinajstić information content (AvgIpc) is 2.74. The Morgan fingerprint density at radius 1 is 0.964 bits per heavy atom. The van der Waals surface area contributed by atoms with Gasteiger partial charge >= 0.3 is 6.03 Å². The number of benzene rings is 2. The third kappa shape index (κ3) is 4.73. The van der Waals surface area contributed by atoms with Crippen LogP contribution in [0.2, 0.25) is 0 Å². The number of likely N-dealkylation sites (tertiary alicyclic amines) is 1. The summed E-state index contributed by atoms with van der Waals surface area (Å²) in [5.41, 5.74) is 1.24. The van der Waals surface area contributed by atoms with E-state index in [4.69, 9.17) is 9.47 Å². The molecule has 148 valence electrons. The van der Waals surface area contributed by atoms with E-state index in [1.165, 1.54) is 0 Å². The van der Waals surface area contributed by atoms with Crippen molar-refractivity contribution in [2.45, 2.75) is 18.9 Å². The fourth-order valence-corrected chi connectivity index (χ4v) is 3.18. The summed E-state index contributed by atoms with van der Waals surface area (Å²) in [6.45, 7) is 1.16. The van der Waals surface area contributed by atoms with Gasteiger partial charge in [-0.1, -0.05) is 12.1 Å². The van der Waals surface area contributed by atoms with E-state index in [0.717, 1.165) is 0 Å². The molecule has 7 nitrogen and oxygen atoms in total. The smallest absolute Gasteiger partial charge is 0.321 e. The summed E-state index contributed by atoms with van der Waals surface area (Å²) in [6.07, 6.45) is 1.42. The maximum atomic E-state index is 12.5. The molecule has 7 heteroatoms. The molecule has 0 bridgehead atoms. The molecule has 0 saturated carbocycles. The van der Waals surface area contributed by atoms with E-state index in [1.807, 2.05) is 12.1 Å². The van der Waals surface area contributed by atoms with E-state index in [9.17, 15) is 9.59 Å². The van der Waals surface area contributed by atoms with Crippen molar-refractivity contribution in [1.82, 2.24) is 10.2 Å². The van der Waals surface area contributed by atoms with Crippen molar-refractivity contribution in [1.29, 1.82) is 0 Å². The number of carbonyl (C=O) groups excluding carboxylic acids is 2. The second-order valence-electron chi connectivity index (χ2n) is 6.59. The molecule has 1 aliphatic rings. The number of urea groups is 1. The number of methoxy groups -OCH3 is 2.